The van der Waals surface area contributed by atoms with Crippen LogP contribution in [0.15, 0.2) is 0 Å². The summed E-state index contributed by atoms with van der Waals surface area (Å²) >= 11 is 2.49. The molecular formula is C12H23IO. The Balaban J connectivity index is 2.27. The molecule has 0 amide bonds. The van der Waals surface area contributed by atoms with Crippen LogP contribution in [0.1, 0.15) is 52.4 Å². The highest BCUT2D eigenvalue weighted by atomic mass is 127. The minimum absolute atomic E-state index is 0.253. The van der Waals surface area contributed by atoms with Gasteiger partial charge in [-0.1, -0.05) is 55.7 Å². The SMILES string of the molecule is CCCC(C)COC1(CI)CCCC1. The molecule has 0 aromatic heterocycles. The van der Waals surface area contributed by atoms with E-state index in [0.717, 1.165) is 12.5 Å². The minimum atomic E-state index is 0.253. The van der Waals surface area contributed by atoms with Crippen LogP contribution in [0.3, 0.4) is 0 Å². The summed E-state index contributed by atoms with van der Waals surface area (Å²) in [6.07, 6.45) is 7.89. The molecule has 1 saturated carbocycles. The van der Waals surface area contributed by atoms with Crippen LogP contribution in [0.2, 0.25) is 0 Å². The normalized spacial score (nSPS) is 22.5. The molecule has 0 radical (unpaired) electrons. The Labute approximate surface area is 102 Å². The van der Waals surface area contributed by atoms with Crippen LogP contribution in [-0.4, -0.2) is 16.6 Å². The van der Waals surface area contributed by atoms with E-state index in [1.807, 2.05) is 0 Å². The van der Waals surface area contributed by atoms with Crippen molar-refractivity contribution in [2.45, 2.75) is 58.0 Å². The van der Waals surface area contributed by atoms with Crippen LogP contribution in [0, 0.1) is 5.92 Å². The average Bonchev–Trinajstić information content (AvgIpc) is 2.65. The van der Waals surface area contributed by atoms with E-state index >= 15 is 0 Å². The van der Waals surface area contributed by atoms with E-state index < -0.39 is 0 Å². The second-order valence-corrected chi connectivity index (χ2v) is 5.49. The van der Waals surface area contributed by atoms with Crippen molar-refractivity contribution >= 4 is 22.6 Å². The molecular weight excluding hydrogens is 287 g/mol. The van der Waals surface area contributed by atoms with E-state index in [0.29, 0.717) is 0 Å². The van der Waals surface area contributed by atoms with Gasteiger partial charge in [-0.15, -0.1) is 0 Å². The van der Waals surface area contributed by atoms with Gasteiger partial charge < -0.3 is 4.74 Å². The van der Waals surface area contributed by atoms with Gasteiger partial charge in [0.05, 0.1) is 5.60 Å². The molecule has 0 aromatic rings. The Kier molecular flexibility index (Phi) is 5.75. The van der Waals surface area contributed by atoms with E-state index in [9.17, 15) is 0 Å². The van der Waals surface area contributed by atoms with Gasteiger partial charge in [0.2, 0.25) is 0 Å². The highest BCUT2D eigenvalue weighted by molar-refractivity contribution is 14.1. The molecule has 1 fully saturated rings. The van der Waals surface area contributed by atoms with E-state index in [1.165, 1.54) is 43.0 Å². The number of hydrogen-bond acceptors (Lipinski definition) is 1. The summed E-state index contributed by atoms with van der Waals surface area (Å²) in [7, 11) is 0. The van der Waals surface area contributed by atoms with Crippen molar-refractivity contribution in [2.24, 2.45) is 5.92 Å². The molecule has 1 nitrogen and oxygen atoms in total. The molecule has 0 N–H and O–H groups in total. The third-order valence-corrected chi connectivity index (χ3v) is 4.60. The lowest BCUT2D eigenvalue weighted by atomic mass is 10.0. The van der Waals surface area contributed by atoms with Gasteiger partial charge >= 0.3 is 0 Å². The van der Waals surface area contributed by atoms with E-state index in [-0.39, 0.29) is 5.60 Å². The van der Waals surface area contributed by atoms with Crippen molar-refractivity contribution in [3.05, 3.63) is 0 Å². The molecule has 14 heavy (non-hydrogen) atoms. The molecule has 1 aliphatic rings. The van der Waals surface area contributed by atoms with Crippen molar-refractivity contribution in [3.63, 3.8) is 0 Å². The van der Waals surface area contributed by atoms with Crippen LogP contribution in [0.25, 0.3) is 0 Å². The maximum Gasteiger partial charge on any atom is 0.0771 e. The summed E-state index contributed by atoms with van der Waals surface area (Å²) in [5.74, 6) is 0.737. The third-order valence-electron chi connectivity index (χ3n) is 3.21. The maximum atomic E-state index is 6.15. The van der Waals surface area contributed by atoms with E-state index in [2.05, 4.69) is 36.4 Å². The molecule has 0 saturated heterocycles. The maximum absolute atomic E-state index is 6.15. The molecule has 1 rings (SSSR count). The van der Waals surface area contributed by atoms with E-state index in [4.69, 9.17) is 4.74 Å². The van der Waals surface area contributed by atoms with Gasteiger partial charge in [0.25, 0.3) is 0 Å². The Hall–Kier alpha value is 0.690. The first-order chi connectivity index (χ1) is 6.72. The molecule has 84 valence electrons. The summed E-state index contributed by atoms with van der Waals surface area (Å²) in [5, 5.41) is 0. The lowest BCUT2D eigenvalue weighted by Crippen LogP contribution is -2.32. The highest BCUT2D eigenvalue weighted by Crippen LogP contribution is 2.35. The van der Waals surface area contributed by atoms with Crippen LogP contribution in [0.4, 0.5) is 0 Å². The first-order valence-electron chi connectivity index (χ1n) is 5.92. The molecule has 2 heteroatoms. The minimum Gasteiger partial charge on any atom is -0.374 e. The van der Waals surface area contributed by atoms with Gasteiger partial charge in [-0.25, -0.2) is 0 Å². The van der Waals surface area contributed by atoms with Crippen LogP contribution < -0.4 is 0 Å². The zero-order valence-electron chi connectivity index (χ0n) is 9.52. The highest BCUT2D eigenvalue weighted by Gasteiger charge is 2.33. The lowest BCUT2D eigenvalue weighted by molar-refractivity contribution is -0.0363. The second-order valence-electron chi connectivity index (χ2n) is 4.73. The predicted molar refractivity (Wildman–Crippen MR) is 70.1 cm³/mol. The first-order valence-corrected chi connectivity index (χ1v) is 7.45. The second kappa shape index (κ2) is 6.31. The standard InChI is InChI=1S/C12H23IO/c1-3-6-11(2)9-14-12(10-13)7-4-5-8-12/h11H,3-10H2,1-2H3. The molecule has 0 aromatic carbocycles. The summed E-state index contributed by atoms with van der Waals surface area (Å²) in [6.45, 7) is 5.52. The summed E-state index contributed by atoms with van der Waals surface area (Å²) < 4.78 is 7.32. The van der Waals surface area contributed by atoms with E-state index in [1.54, 1.807) is 0 Å². The largest absolute Gasteiger partial charge is 0.374 e. The molecule has 0 spiro atoms. The number of hydrogen-bond donors (Lipinski definition) is 0. The summed E-state index contributed by atoms with van der Waals surface area (Å²) in [6, 6.07) is 0. The van der Waals surface area contributed by atoms with Crippen molar-refractivity contribution in [3.8, 4) is 0 Å². The van der Waals surface area contributed by atoms with Gasteiger partial charge in [-0.05, 0) is 25.2 Å². The van der Waals surface area contributed by atoms with Gasteiger partial charge in [-0.3, -0.25) is 0 Å². The van der Waals surface area contributed by atoms with Crippen LogP contribution in [0.5, 0.6) is 0 Å². The van der Waals surface area contributed by atoms with Crippen LogP contribution in [-0.2, 0) is 4.74 Å². The number of rotatable bonds is 6. The zero-order valence-corrected chi connectivity index (χ0v) is 11.7. The van der Waals surface area contributed by atoms with Gasteiger partial charge in [0.15, 0.2) is 0 Å². The summed E-state index contributed by atoms with van der Waals surface area (Å²) in [5.41, 5.74) is 0.253. The number of alkyl halides is 1. The Bertz CT molecular complexity index is 152. The van der Waals surface area contributed by atoms with Crippen LogP contribution >= 0.6 is 22.6 Å². The van der Waals surface area contributed by atoms with Crippen molar-refractivity contribution < 1.29 is 4.74 Å². The van der Waals surface area contributed by atoms with Crippen molar-refractivity contribution in [2.75, 3.05) is 11.0 Å². The van der Waals surface area contributed by atoms with Crippen molar-refractivity contribution in [1.29, 1.82) is 0 Å². The monoisotopic (exact) mass is 310 g/mol. The molecule has 1 aliphatic carbocycles. The number of halogens is 1. The fourth-order valence-corrected chi connectivity index (χ4v) is 3.21. The zero-order chi connectivity index (χ0) is 10.4. The molecule has 1 atom stereocenters. The molecule has 0 bridgehead atoms. The fourth-order valence-electron chi connectivity index (χ4n) is 2.23. The quantitative estimate of drug-likeness (QED) is 0.528. The Morgan fingerprint density at radius 3 is 2.50 bits per heavy atom. The smallest absolute Gasteiger partial charge is 0.0771 e. The van der Waals surface area contributed by atoms with Gasteiger partial charge in [0, 0.05) is 11.0 Å². The van der Waals surface area contributed by atoms with Crippen molar-refractivity contribution in [1.82, 2.24) is 0 Å². The summed E-state index contributed by atoms with van der Waals surface area (Å²) in [4.78, 5) is 0. The third kappa shape index (κ3) is 3.69. The lowest BCUT2D eigenvalue weighted by Gasteiger charge is -2.28. The Morgan fingerprint density at radius 2 is 2.00 bits per heavy atom. The fraction of sp³-hybridized carbons (Fsp3) is 1.00. The van der Waals surface area contributed by atoms with Gasteiger partial charge in [-0.2, -0.15) is 0 Å². The molecule has 0 heterocycles. The molecule has 1 unspecified atom stereocenters. The predicted octanol–water partition coefficient (Wildman–Crippen LogP) is 4.19. The first kappa shape index (κ1) is 12.8. The van der Waals surface area contributed by atoms with Gasteiger partial charge in [0.1, 0.15) is 0 Å². The Morgan fingerprint density at radius 1 is 1.36 bits per heavy atom. The average molecular weight is 310 g/mol. The molecule has 0 aliphatic heterocycles. The topological polar surface area (TPSA) is 9.23 Å². The number of ether oxygens (including phenoxy) is 1.